The van der Waals surface area contributed by atoms with Gasteiger partial charge in [-0.1, -0.05) is 12.1 Å². The second kappa shape index (κ2) is 9.34. The third-order valence-electron chi connectivity index (χ3n) is 4.79. The highest BCUT2D eigenvalue weighted by atomic mass is 16.6. The molecule has 2 aliphatic heterocycles. The molecule has 8 heteroatoms. The maximum absolute atomic E-state index is 12.4. The molecular formula is C19H28N4O4. The van der Waals surface area contributed by atoms with Gasteiger partial charge in [-0.3, -0.25) is 0 Å². The summed E-state index contributed by atoms with van der Waals surface area (Å²) in [6.45, 7) is 7.51. The highest BCUT2D eigenvalue weighted by molar-refractivity contribution is 5.75. The number of hydrogen-bond acceptors (Lipinski definition) is 5. The van der Waals surface area contributed by atoms with Crippen LogP contribution < -0.4 is 15.0 Å². The van der Waals surface area contributed by atoms with E-state index in [0.717, 1.165) is 30.9 Å². The molecule has 0 spiro atoms. The predicted molar refractivity (Wildman–Crippen MR) is 102 cm³/mol. The van der Waals surface area contributed by atoms with Crippen LogP contribution in [0.5, 0.6) is 5.75 Å². The van der Waals surface area contributed by atoms with Crippen LogP contribution in [0, 0.1) is 0 Å². The van der Waals surface area contributed by atoms with Crippen molar-refractivity contribution >= 4 is 17.8 Å². The molecule has 2 heterocycles. The lowest BCUT2D eigenvalue weighted by Crippen LogP contribution is -2.53. The van der Waals surface area contributed by atoms with E-state index >= 15 is 0 Å². The molecule has 0 bridgehead atoms. The molecule has 0 atom stereocenters. The van der Waals surface area contributed by atoms with E-state index in [1.54, 1.807) is 4.90 Å². The van der Waals surface area contributed by atoms with Gasteiger partial charge in [0, 0.05) is 45.8 Å². The first-order chi connectivity index (χ1) is 13.2. The predicted octanol–water partition coefficient (Wildman–Crippen LogP) is 1.76. The molecular weight excluding hydrogens is 348 g/mol. The fraction of sp³-hybridized carbons (Fsp3) is 0.579. The van der Waals surface area contributed by atoms with Gasteiger partial charge >= 0.3 is 12.1 Å². The Morgan fingerprint density at radius 3 is 2.70 bits per heavy atom. The summed E-state index contributed by atoms with van der Waals surface area (Å²) in [7, 11) is 0. The number of urea groups is 1. The first kappa shape index (κ1) is 19.1. The van der Waals surface area contributed by atoms with Gasteiger partial charge in [0.2, 0.25) is 0 Å². The Hall–Kier alpha value is -2.64. The molecule has 2 fully saturated rings. The Kier molecular flexibility index (Phi) is 6.62. The molecule has 0 aromatic heterocycles. The molecule has 0 aliphatic carbocycles. The molecule has 2 saturated heterocycles. The Labute approximate surface area is 160 Å². The van der Waals surface area contributed by atoms with Gasteiger partial charge in [0.25, 0.3) is 0 Å². The molecule has 148 valence electrons. The second-order valence-electron chi connectivity index (χ2n) is 6.56. The minimum Gasteiger partial charge on any atom is -0.492 e. The van der Waals surface area contributed by atoms with Gasteiger partial charge in [0.05, 0.1) is 18.9 Å². The number of nitrogens with zero attached hydrogens (tertiary/aromatic N) is 3. The van der Waals surface area contributed by atoms with Crippen molar-refractivity contribution in [2.75, 3.05) is 63.9 Å². The van der Waals surface area contributed by atoms with Gasteiger partial charge in [0.1, 0.15) is 5.75 Å². The van der Waals surface area contributed by atoms with Gasteiger partial charge in [-0.15, -0.1) is 0 Å². The normalized spacial score (nSPS) is 17.5. The summed E-state index contributed by atoms with van der Waals surface area (Å²) in [6.07, 6.45) is 0.544. The monoisotopic (exact) mass is 376 g/mol. The van der Waals surface area contributed by atoms with Gasteiger partial charge in [-0.05, 0) is 25.5 Å². The minimum atomic E-state index is -0.294. The van der Waals surface area contributed by atoms with Crippen LogP contribution in [0.1, 0.15) is 13.3 Å². The number of hydrogen-bond donors (Lipinski definition) is 1. The number of cyclic esters (lactones) is 1. The number of ether oxygens (including phenoxy) is 2. The van der Waals surface area contributed by atoms with Crippen LogP contribution >= 0.6 is 0 Å². The summed E-state index contributed by atoms with van der Waals surface area (Å²) in [6, 6.07) is 7.92. The number of amides is 3. The number of anilines is 1. The molecule has 1 N–H and O–H groups in total. The van der Waals surface area contributed by atoms with Crippen molar-refractivity contribution in [2.24, 2.45) is 0 Å². The quantitative estimate of drug-likeness (QED) is 0.819. The summed E-state index contributed by atoms with van der Waals surface area (Å²) in [5.74, 6) is 0.881. The fourth-order valence-corrected chi connectivity index (χ4v) is 3.36. The highest BCUT2D eigenvalue weighted by Gasteiger charge is 2.23. The maximum Gasteiger partial charge on any atom is 0.409 e. The Morgan fingerprint density at radius 2 is 1.96 bits per heavy atom. The van der Waals surface area contributed by atoms with Crippen LogP contribution in [0.4, 0.5) is 15.3 Å². The van der Waals surface area contributed by atoms with Crippen LogP contribution in [0.25, 0.3) is 0 Å². The number of piperazine rings is 1. The lowest BCUT2D eigenvalue weighted by atomic mass is 10.2. The largest absolute Gasteiger partial charge is 0.492 e. The smallest absolute Gasteiger partial charge is 0.409 e. The van der Waals surface area contributed by atoms with E-state index in [9.17, 15) is 9.59 Å². The van der Waals surface area contributed by atoms with Gasteiger partial charge in [-0.25, -0.2) is 9.59 Å². The van der Waals surface area contributed by atoms with Crippen molar-refractivity contribution in [1.82, 2.24) is 15.1 Å². The van der Waals surface area contributed by atoms with E-state index in [4.69, 9.17) is 9.47 Å². The zero-order valence-corrected chi connectivity index (χ0v) is 15.9. The maximum atomic E-state index is 12.4. The van der Waals surface area contributed by atoms with E-state index in [0.29, 0.717) is 45.9 Å². The molecule has 27 heavy (non-hydrogen) atoms. The minimum absolute atomic E-state index is 0.0851. The topological polar surface area (TPSA) is 74.3 Å². The molecule has 1 aromatic rings. The third kappa shape index (κ3) is 4.96. The van der Waals surface area contributed by atoms with Crippen molar-refractivity contribution in [3.05, 3.63) is 24.3 Å². The van der Waals surface area contributed by atoms with Crippen molar-refractivity contribution in [3.63, 3.8) is 0 Å². The van der Waals surface area contributed by atoms with E-state index in [1.165, 1.54) is 0 Å². The number of rotatable bonds is 6. The number of carbonyl (C=O) groups is 2. The van der Waals surface area contributed by atoms with Crippen LogP contribution in [0.2, 0.25) is 0 Å². The molecule has 0 saturated carbocycles. The zero-order valence-electron chi connectivity index (χ0n) is 15.9. The average Bonchev–Trinajstić information content (AvgIpc) is 2.70. The van der Waals surface area contributed by atoms with Crippen molar-refractivity contribution in [3.8, 4) is 5.75 Å². The first-order valence-electron chi connectivity index (χ1n) is 9.60. The number of para-hydroxylation sites is 2. The average molecular weight is 376 g/mol. The lowest BCUT2D eigenvalue weighted by molar-refractivity contribution is 0.0733. The standard InChI is InChI=1S/C19H28N4O4/c1-2-26-17-7-4-3-6-16(17)21-11-13-22(14-12-21)18(24)20-8-10-23-9-5-15-27-19(23)25/h3-4,6-7H,2,5,8-15H2,1H3,(H,20,24). The summed E-state index contributed by atoms with van der Waals surface area (Å²) in [5.41, 5.74) is 1.07. The molecule has 1 aromatic carbocycles. The molecule has 0 unspecified atom stereocenters. The zero-order chi connectivity index (χ0) is 19.1. The van der Waals surface area contributed by atoms with Gasteiger partial charge in [0.15, 0.2) is 0 Å². The van der Waals surface area contributed by atoms with E-state index in [-0.39, 0.29) is 12.1 Å². The van der Waals surface area contributed by atoms with Crippen molar-refractivity contribution < 1.29 is 19.1 Å². The Morgan fingerprint density at radius 1 is 1.19 bits per heavy atom. The lowest BCUT2D eigenvalue weighted by Gasteiger charge is -2.36. The molecule has 8 nitrogen and oxygen atoms in total. The second-order valence-corrected chi connectivity index (χ2v) is 6.56. The Balaban J connectivity index is 1.43. The molecule has 3 rings (SSSR count). The van der Waals surface area contributed by atoms with Crippen LogP contribution in [0.15, 0.2) is 24.3 Å². The number of carbonyl (C=O) groups excluding carboxylic acids is 2. The van der Waals surface area contributed by atoms with E-state index in [1.807, 2.05) is 30.0 Å². The first-order valence-corrected chi connectivity index (χ1v) is 9.60. The van der Waals surface area contributed by atoms with E-state index < -0.39 is 0 Å². The van der Waals surface area contributed by atoms with Gasteiger partial charge < -0.3 is 29.5 Å². The van der Waals surface area contributed by atoms with Gasteiger partial charge in [-0.2, -0.15) is 0 Å². The Bertz CT molecular complexity index is 646. The number of nitrogens with one attached hydrogen (secondary N) is 1. The molecule has 3 amide bonds. The third-order valence-corrected chi connectivity index (χ3v) is 4.79. The van der Waals surface area contributed by atoms with E-state index in [2.05, 4.69) is 16.3 Å². The van der Waals surface area contributed by atoms with Crippen molar-refractivity contribution in [1.29, 1.82) is 0 Å². The fourth-order valence-electron chi connectivity index (χ4n) is 3.36. The summed E-state index contributed by atoms with van der Waals surface area (Å²) >= 11 is 0. The summed E-state index contributed by atoms with van der Waals surface area (Å²) in [4.78, 5) is 29.6. The summed E-state index contributed by atoms with van der Waals surface area (Å²) < 4.78 is 10.7. The highest BCUT2D eigenvalue weighted by Crippen LogP contribution is 2.28. The van der Waals surface area contributed by atoms with Crippen LogP contribution in [-0.4, -0.2) is 81.0 Å². The molecule has 2 aliphatic rings. The molecule has 0 radical (unpaired) electrons. The SMILES string of the molecule is CCOc1ccccc1N1CCN(C(=O)NCCN2CCCOC2=O)CC1. The van der Waals surface area contributed by atoms with Crippen molar-refractivity contribution in [2.45, 2.75) is 13.3 Å². The number of benzene rings is 1. The van der Waals surface area contributed by atoms with Crippen LogP contribution in [-0.2, 0) is 4.74 Å². The summed E-state index contributed by atoms with van der Waals surface area (Å²) in [5, 5.41) is 2.90. The van der Waals surface area contributed by atoms with Crippen LogP contribution in [0.3, 0.4) is 0 Å².